The Bertz CT molecular complexity index is 524. The molecule has 0 saturated carbocycles. The van der Waals surface area contributed by atoms with Gasteiger partial charge in [-0.3, -0.25) is 4.68 Å². The van der Waals surface area contributed by atoms with E-state index in [1.54, 1.807) is 0 Å². The molecule has 0 aliphatic heterocycles. The van der Waals surface area contributed by atoms with Crippen LogP contribution in [0.3, 0.4) is 0 Å². The van der Waals surface area contributed by atoms with Gasteiger partial charge in [-0.2, -0.15) is 5.10 Å². The Morgan fingerprint density at radius 1 is 1.41 bits per heavy atom. The van der Waals surface area contributed by atoms with E-state index in [2.05, 4.69) is 18.9 Å². The van der Waals surface area contributed by atoms with Gasteiger partial charge in [-0.1, -0.05) is 12.2 Å². The third-order valence-corrected chi connectivity index (χ3v) is 2.82. The molecule has 5 heteroatoms. The summed E-state index contributed by atoms with van der Waals surface area (Å²) in [4.78, 5) is 0.415. The van der Waals surface area contributed by atoms with Gasteiger partial charge < -0.3 is 10.3 Å². The largest absolute Gasteiger partial charge is 0.388 e. The SMILES string of the molecule is CC(C)n1ccc(Cn2cccc2C(N)=S)n1. The van der Waals surface area contributed by atoms with Gasteiger partial charge in [-0.15, -0.1) is 0 Å². The van der Waals surface area contributed by atoms with Crippen LogP contribution in [-0.2, 0) is 6.54 Å². The van der Waals surface area contributed by atoms with Gasteiger partial charge in [0.2, 0.25) is 0 Å². The monoisotopic (exact) mass is 248 g/mol. The van der Waals surface area contributed by atoms with E-state index in [9.17, 15) is 0 Å². The van der Waals surface area contributed by atoms with Crippen molar-refractivity contribution in [3.8, 4) is 0 Å². The van der Waals surface area contributed by atoms with Gasteiger partial charge in [0.1, 0.15) is 4.99 Å². The van der Waals surface area contributed by atoms with E-state index >= 15 is 0 Å². The number of hydrogen-bond acceptors (Lipinski definition) is 2. The smallest absolute Gasteiger partial charge is 0.120 e. The fourth-order valence-corrected chi connectivity index (χ4v) is 1.88. The van der Waals surface area contributed by atoms with Crippen LogP contribution in [0, 0.1) is 0 Å². The molecule has 0 aliphatic carbocycles. The molecule has 0 unspecified atom stereocenters. The summed E-state index contributed by atoms with van der Waals surface area (Å²) in [6.07, 6.45) is 3.95. The maximum atomic E-state index is 5.65. The predicted octanol–water partition coefficient (Wildman–Crippen LogP) is 1.95. The van der Waals surface area contributed by atoms with Gasteiger partial charge in [-0.25, -0.2) is 0 Å². The topological polar surface area (TPSA) is 48.8 Å². The van der Waals surface area contributed by atoms with Crippen molar-refractivity contribution in [2.45, 2.75) is 26.4 Å². The Morgan fingerprint density at radius 3 is 2.76 bits per heavy atom. The molecule has 90 valence electrons. The second kappa shape index (κ2) is 4.71. The molecule has 4 nitrogen and oxygen atoms in total. The lowest BCUT2D eigenvalue weighted by molar-refractivity contribution is 0.523. The van der Waals surface area contributed by atoms with Crippen LogP contribution in [0.2, 0.25) is 0 Å². The van der Waals surface area contributed by atoms with Crippen LogP contribution in [0.25, 0.3) is 0 Å². The van der Waals surface area contributed by atoms with Gasteiger partial charge >= 0.3 is 0 Å². The molecule has 0 amide bonds. The van der Waals surface area contributed by atoms with E-state index in [-0.39, 0.29) is 0 Å². The predicted molar refractivity (Wildman–Crippen MR) is 72.0 cm³/mol. The van der Waals surface area contributed by atoms with E-state index in [0.717, 1.165) is 11.4 Å². The molecule has 0 saturated heterocycles. The van der Waals surface area contributed by atoms with Crippen LogP contribution in [0.15, 0.2) is 30.6 Å². The molecule has 0 aliphatic rings. The molecule has 0 fully saturated rings. The molecule has 17 heavy (non-hydrogen) atoms. The van der Waals surface area contributed by atoms with Crippen molar-refractivity contribution in [3.63, 3.8) is 0 Å². The number of nitrogens with two attached hydrogens (primary N) is 1. The Kier molecular flexibility index (Phi) is 3.28. The third-order valence-electron chi connectivity index (χ3n) is 2.61. The summed E-state index contributed by atoms with van der Waals surface area (Å²) >= 11 is 5.00. The van der Waals surface area contributed by atoms with Crippen LogP contribution in [0.4, 0.5) is 0 Å². The van der Waals surface area contributed by atoms with Crippen molar-refractivity contribution in [1.82, 2.24) is 14.3 Å². The summed E-state index contributed by atoms with van der Waals surface area (Å²) in [5.41, 5.74) is 7.53. The number of thiocarbonyl (C=S) groups is 1. The summed E-state index contributed by atoms with van der Waals surface area (Å²) < 4.78 is 3.95. The minimum atomic E-state index is 0.378. The highest BCUT2D eigenvalue weighted by molar-refractivity contribution is 7.80. The molecule has 0 bridgehead atoms. The van der Waals surface area contributed by atoms with Crippen molar-refractivity contribution in [2.24, 2.45) is 5.73 Å². The molecule has 2 heterocycles. The lowest BCUT2D eigenvalue weighted by atomic mass is 10.4. The minimum Gasteiger partial charge on any atom is -0.388 e. The lowest BCUT2D eigenvalue weighted by Gasteiger charge is -2.07. The molecule has 2 N–H and O–H groups in total. The lowest BCUT2D eigenvalue weighted by Crippen LogP contribution is -2.16. The molecule has 2 rings (SSSR count). The number of rotatable bonds is 4. The molecular formula is C12H16N4S. The van der Waals surface area contributed by atoms with Crippen LogP contribution in [-0.4, -0.2) is 19.3 Å². The molecule has 0 spiro atoms. The normalized spacial score (nSPS) is 11.0. The van der Waals surface area contributed by atoms with Gasteiger partial charge in [-0.05, 0) is 32.0 Å². The van der Waals surface area contributed by atoms with Crippen LogP contribution >= 0.6 is 12.2 Å². The molecule has 2 aromatic heterocycles. The third kappa shape index (κ3) is 2.55. The zero-order chi connectivity index (χ0) is 12.4. The van der Waals surface area contributed by atoms with Crippen LogP contribution in [0.1, 0.15) is 31.3 Å². The first-order valence-corrected chi connectivity index (χ1v) is 5.97. The Balaban J connectivity index is 2.19. The fraction of sp³-hybridized carbons (Fsp3) is 0.333. The highest BCUT2D eigenvalue weighted by Crippen LogP contribution is 2.08. The highest BCUT2D eigenvalue weighted by Gasteiger charge is 2.06. The van der Waals surface area contributed by atoms with E-state index in [4.69, 9.17) is 18.0 Å². The van der Waals surface area contributed by atoms with E-state index in [0.29, 0.717) is 17.6 Å². The summed E-state index contributed by atoms with van der Waals surface area (Å²) in [5, 5.41) is 4.50. The highest BCUT2D eigenvalue weighted by atomic mass is 32.1. The van der Waals surface area contributed by atoms with E-state index < -0.39 is 0 Å². The summed E-state index contributed by atoms with van der Waals surface area (Å²) in [6, 6.07) is 6.25. The second-order valence-corrected chi connectivity index (χ2v) is 4.71. The average Bonchev–Trinajstić information content (AvgIpc) is 2.86. The maximum Gasteiger partial charge on any atom is 0.120 e. The number of aromatic nitrogens is 3. The maximum absolute atomic E-state index is 5.65. The number of nitrogens with zero attached hydrogens (tertiary/aromatic N) is 3. The van der Waals surface area contributed by atoms with Crippen molar-refractivity contribution in [1.29, 1.82) is 0 Å². The Hall–Kier alpha value is -1.62. The zero-order valence-electron chi connectivity index (χ0n) is 10.00. The van der Waals surface area contributed by atoms with E-state index in [1.165, 1.54) is 0 Å². The van der Waals surface area contributed by atoms with E-state index in [1.807, 2.05) is 39.8 Å². The zero-order valence-corrected chi connectivity index (χ0v) is 10.8. The average molecular weight is 248 g/mol. The second-order valence-electron chi connectivity index (χ2n) is 4.27. The molecule has 2 aromatic rings. The summed E-state index contributed by atoms with van der Waals surface area (Å²) in [7, 11) is 0. The first-order chi connectivity index (χ1) is 8.08. The van der Waals surface area contributed by atoms with Gasteiger partial charge in [0.15, 0.2) is 0 Å². The van der Waals surface area contributed by atoms with Gasteiger partial charge in [0.25, 0.3) is 0 Å². The molecule has 0 aromatic carbocycles. The van der Waals surface area contributed by atoms with Gasteiger partial charge in [0.05, 0.1) is 17.9 Å². The quantitative estimate of drug-likeness (QED) is 0.841. The molecular weight excluding hydrogens is 232 g/mol. The fourth-order valence-electron chi connectivity index (χ4n) is 1.70. The first kappa shape index (κ1) is 11.9. The number of hydrogen-bond donors (Lipinski definition) is 1. The van der Waals surface area contributed by atoms with Crippen molar-refractivity contribution >= 4 is 17.2 Å². The van der Waals surface area contributed by atoms with Crippen LogP contribution in [0.5, 0.6) is 0 Å². The first-order valence-electron chi connectivity index (χ1n) is 5.57. The van der Waals surface area contributed by atoms with Crippen molar-refractivity contribution in [2.75, 3.05) is 0 Å². The standard InChI is InChI=1S/C12H16N4S/c1-9(2)16-7-5-10(14-16)8-15-6-3-4-11(15)12(13)17/h3-7,9H,8H2,1-2H3,(H2,13,17). The molecule has 0 atom stereocenters. The van der Waals surface area contributed by atoms with Gasteiger partial charge in [0, 0.05) is 18.4 Å². The summed E-state index contributed by atoms with van der Waals surface area (Å²) in [6.45, 7) is 4.90. The minimum absolute atomic E-state index is 0.378. The molecule has 0 radical (unpaired) electrons. The van der Waals surface area contributed by atoms with Crippen LogP contribution < -0.4 is 5.73 Å². The Morgan fingerprint density at radius 2 is 2.18 bits per heavy atom. The van der Waals surface area contributed by atoms with Crippen molar-refractivity contribution < 1.29 is 0 Å². The Labute approximate surface area is 106 Å². The van der Waals surface area contributed by atoms with Crippen molar-refractivity contribution in [3.05, 3.63) is 42.0 Å². The summed E-state index contributed by atoms with van der Waals surface area (Å²) in [5.74, 6) is 0.